The average Bonchev–Trinajstić information content (AvgIpc) is 3.65. The highest BCUT2D eigenvalue weighted by Gasteiger charge is 2.57. The third-order valence-corrected chi connectivity index (χ3v) is 14.5. The number of rotatable bonds is 4. The van der Waals surface area contributed by atoms with Gasteiger partial charge in [0.1, 0.15) is 47.0 Å². The Morgan fingerprint density at radius 1 is 0.657 bits per heavy atom. The van der Waals surface area contributed by atoms with Gasteiger partial charge in [0, 0.05) is 78.6 Å². The molecule has 2 saturated heterocycles. The summed E-state index contributed by atoms with van der Waals surface area (Å²) in [6.07, 6.45) is 3.88. The summed E-state index contributed by atoms with van der Waals surface area (Å²) in [5.74, 6) is -0.877. The summed E-state index contributed by atoms with van der Waals surface area (Å²) in [5.41, 5.74) is 10.8. The van der Waals surface area contributed by atoms with Gasteiger partial charge in [-0.2, -0.15) is 0 Å². The third-order valence-electron chi connectivity index (χ3n) is 14.0. The molecule has 6 unspecified atom stereocenters. The van der Waals surface area contributed by atoms with E-state index in [4.69, 9.17) is 40.5 Å². The highest BCUT2D eigenvalue weighted by atomic mass is 79.9. The average molecular weight is 1040 g/mol. The zero-order valence-electron chi connectivity index (χ0n) is 39.6. The molecule has 0 saturated carbocycles. The van der Waals surface area contributed by atoms with Crippen LogP contribution in [0.15, 0.2) is 87.3 Å². The second-order valence-corrected chi connectivity index (χ2v) is 20.8. The van der Waals surface area contributed by atoms with E-state index in [-0.39, 0.29) is 58.6 Å². The van der Waals surface area contributed by atoms with Gasteiger partial charge in [-0.25, -0.2) is 27.5 Å². The summed E-state index contributed by atoms with van der Waals surface area (Å²) in [7, 11) is 1.30. The molecule has 6 atom stereocenters. The SMILES string of the molecule is CN1C(=O)C2(CC(C3CCOC(C)(C)C3)Oc3ccc(-c4cc(F)ccc4F)cc32)N=C1N.CN1C(=O)C2(CC(C3CCOC(C)(C)C3)Oc3ccc(Br)cc32)N=C1N.OB(O)c1cc(F)ccc1F. The van der Waals surface area contributed by atoms with Crippen molar-refractivity contribution in [2.24, 2.45) is 33.3 Å². The highest BCUT2D eigenvalue weighted by Crippen LogP contribution is 2.51. The molecule has 2 amide bonds. The van der Waals surface area contributed by atoms with Crippen LogP contribution in [0.25, 0.3) is 11.1 Å². The lowest BCUT2D eigenvalue weighted by Crippen LogP contribution is -2.49. The number of halogens is 5. The standard InChI is InChI=1S/C25H27F2N3O3.C19H24BrN3O3.C6H5BF2O2/c1-24(2)12-15(8-9-32-24)21-13-25(22(31)30(3)23(28)29-25)18-10-14(4-7-20(18)33-21)17-11-16(26)5-6-19(17)27;1-18(2)9-11(6-7-25-18)15-10-19(16(24)23(3)17(21)22-19)13-8-12(20)4-5-14(13)26-15;8-4-1-2-6(9)5(3-4)7(10)11/h4-7,10-11,15,21H,8-9,12-13H2,1-3H3,(H2,28,29);4-5,8,11,15H,6-7,9-10H2,1-3H3,(H2,21,22);1-3,10-11H. The Kier molecular flexibility index (Phi) is 14.0. The molecule has 2 spiro atoms. The fourth-order valence-corrected chi connectivity index (χ4v) is 10.8. The van der Waals surface area contributed by atoms with Crippen molar-refractivity contribution in [1.82, 2.24) is 9.80 Å². The van der Waals surface area contributed by atoms with Crippen molar-refractivity contribution in [2.75, 3.05) is 27.3 Å². The molecule has 6 N–H and O–H groups in total. The number of nitrogens with zero attached hydrogens (tertiary/aromatic N) is 4. The number of hydrogen-bond acceptors (Lipinski definition) is 12. The van der Waals surface area contributed by atoms with Crippen LogP contribution in [-0.4, -0.2) is 101 Å². The van der Waals surface area contributed by atoms with Crippen molar-refractivity contribution in [3.8, 4) is 22.6 Å². The Morgan fingerprint density at radius 3 is 1.59 bits per heavy atom. The number of ether oxygens (including phenoxy) is 4. The van der Waals surface area contributed by atoms with Crippen molar-refractivity contribution < 1.29 is 56.1 Å². The van der Waals surface area contributed by atoms with Gasteiger partial charge in [-0.05, 0) is 126 Å². The number of aliphatic imine (C=N–C) groups is 2. The fraction of sp³-hybridized carbons (Fsp3) is 0.440. The zero-order valence-corrected chi connectivity index (χ0v) is 41.2. The smallest absolute Gasteiger partial charge is 0.490 e. The lowest BCUT2D eigenvalue weighted by Gasteiger charge is -2.44. The van der Waals surface area contributed by atoms with Crippen LogP contribution in [0.1, 0.15) is 77.3 Å². The largest absolute Gasteiger partial charge is 0.491 e. The molecule has 0 aromatic heterocycles. The van der Waals surface area contributed by atoms with E-state index in [2.05, 4.69) is 53.6 Å². The second kappa shape index (κ2) is 19.2. The zero-order chi connectivity index (χ0) is 50.7. The minimum atomic E-state index is -1.97. The van der Waals surface area contributed by atoms with E-state index in [0.29, 0.717) is 54.6 Å². The molecule has 6 aliphatic heterocycles. The summed E-state index contributed by atoms with van der Waals surface area (Å²) in [6, 6.07) is 16.6. The number of nitrogens with two attached hydrogens (primary N) is 2. The number of amides is 2. The molecule has 14 nitrogen and oxygen atoms in total. The maximum Gasteiger partial charge on any atom is 0.491 e. The van der Waals surface area contributed by atoms with Gasteiger partial charge < -0.3 is 40.5 Å². The van der Waals surface area contributed by atoms with Crippen LogP contribution in [0.2, 0.25) is 0 Å². The van der Waals surface area contributed by atoms with E-state index in [9.17, 15) is 27.2 Å². The van der Waals surface area contributed by atoms with Crippen LogP contribution in [0, 0.1) is 35.1 Å². The summed E-state index contributed by atoms with van der Waals surface area (Å²) < 4.78 is 78.6. The Morgan fingerprint density at radius 2 is 1.13 bits per heavy atom. The minimum absolute atomic E-state index is 0.0889. The summed E-state index contributed by atoms with van der Waals surface area (Å²) >= 11 is 3.50. The molecular formula is C50H56BBrF4N6O8. The molecule has 2 fully saturated rings. The molecule has 70 heavy (non-hydrogen) atoms. The first kappa shape index (κ1) is 50.8. The molecule has 10 rings (SSSR count). The molecule has 372 valence electrons. The molecule has 6 heterocycles. The summed E-state index contributed by atoms with van der Waals surface area (Å²) in [5, 5.41) is 17.0. The lowest BCUT2D eigenvalue weighted by molar-refractivity contribution is -0.135. The first-order valence-electron chi connectivity index (χ1n) is 23.0. The van der Waals surface area contributed by atoms with E-state index >= 15 is 0 Å². The van der Waals surface area contributed by atoms with Gasteiger partial charge in [0.05, 0.1) is 11.2 Å². The van der Waals surface area contributed by atoms with Gasteiger partial charge in [0.25, 0.3) is 11.8 Å². The predicted molar refractivity (Wildman–Crippen MR) is 258 cm³/mol. The van der Waals surface area contributed by atoms with Crippen molar-refractivity contribution in [2.45, 2.75) is 101 Å². The Hall–Kier alpha value is -5.54. The molecule has 0 bridgehead atoms. The number of guanidine groups is 2. The van der Waals surface area contributed by atoms with Gasteiger partial charge >= 0.3 is 7.12 Å². The Labute approximate surface area is 412 Å². The number of carbonyl (C=O) groups excluding carboxylic acids is 2. The first-order chi connectivity index (χ1) is 32.9. The van der Waals surface area contributed by atoms with Crippen LogP contribution in [0.4, 0.5) is 17.6 Å². The van der Waals surface area contributed by atoms with Crippen molar-refractivity contribution >= 4 is 52.2 Å². The van der Waals surface area contributed by atoms with Crippen molar-refractivity contribution in [3.05, 3.63) is 112 Å². The normalized spacial score (nSPS) is 27.2. The van der Waals surface area contributed by atoms with E-state index in [1.54, 1.807) is 32.3 Å². The summed E-state index contributed by atoms with van der Waals surface area (Å²) in [6.45, 7) is 9.64. The molecule has 0 aliphatic carbocycles. The number of hydrogen-bond donors (Lipinski definition) is 4. The van der Waals surface area contributed by atoms with Gasteiger partial charge in [0.15, 0.2) is 23.0 Å². The number of fused-ring (bicyclic) bond motifs is 4. The fourth-order valence-electron chi connectivity index (χ4n) is 10.4. The highest BCUT2D eigenvalue weighted by molar-refractivity contribution is 9.10. The van der Waals surface area contributed by atoms with Crippen LogP contribution in [0.3, 0.4) is 0 Å². The second-order valence-electron chi connectivity index (χ2n) is 19.8. The predicted octanol–water partition coefficient (Wildman–Crippen LogP) is 6.40. The van der Waals surface area contributed by atoms with E-state index in [1.165, 1.54) is 9.80 Å². The summed E-state index contributed by atoms with van der Waals surface area (Å²) in [4.78, 5) is 38.7. The lowest BCUT2D eigenvalue weighted by atomic mass is 9.74. The van der Waals surface area contributed by atoms with E-state index in [1.807, 2.05) is 18.2 Å². The van der Waals surface area contributed by atoms with E-state index < -0.39 is 46.9 Å². The quantitative estimate of drug-likeness (QED) is 0.131. The first-order valence-corrected chi connectivity index (χ1v) is 23.8. The number of likely N-dealkylation sites (N-methyl/N-ethyl adjacent to an activating group) is 2. The maximum atomic E-state index is 14.5. The third kappa shape index (κ3) is 9.89. The van der Waals surface area contributed by atoms with Crippen molar-refractivity contribution in [1.29, 1.82) is 0 Å². The molecular weight excluding hydrogens is 979 g/mol. The molecule has 4 aromatic carbocycles. The van der Waals surface area contributed by atoms with Crippen LogP contribution in [-0.2, 0) is 30.1 Å². The number of benzene rings is 4. The monoisotopic (exact) mass is 1030 g/mol. The van der Waals surface area contributed by atoms with Gasteiger partial charge in [-0.3, -0.25) is 19.4 Å². The Bertz CT molecular complexity index is 2770. The van der Waals surface area contributed by atoms with Gasteiger partial charge in [-0.15, -0.1) is 0 Å². The Balaban J connectivity index is 0.000000158. The van der Waals surface area contributed by atoms with Crippen LogP contribution < -0.4 is 26.4 Å². The topological polar surface area (TPSA) is 195 Å². The van der Waals surface area contributed by atoms with Crippen LogP contribution in [0.5, 0.6) is 11.5 Å². The maximum absolute atomic E-state index is 14.5. The van der Waals surface area contributed by atoms with Gasteiger partial charge in [0.2, 0.25) is 0 Å². The molecule has 4 aromatic rings. The van der Waals surface area contributed by atoms with E-state index in [0.717, 1.165) is 72.1 Å². The van der Waals surface area contributed by atoms with Crippen molar-refractivity contribution in [3.63, 3.8) is 0 Å². The molecule has 6 aliphatic rings. The molecule has 0 radical (unpaired) electrons. The molecule has 20 heteroatoms. The van der Waals surface area contributed by atoms with Gasteiger partial charge in [-0.1, -0.05) is 22.0 Å². The van der Waals surface area contributed by atoms with Crippen LogP contribution >= 0.6 is 15.9 Å². The minimum Gasteiger partial charge on any atom is -0.490 e. The number of carbonyl (C=O) groups is 2.